The van der Waals surface area contributed by atoms with Gasteiger partial charge in [-0.3, -0.25) is 0 Å². The van der Waals surface area contributed by atoms with Gasteiger partial charge in [0.05, 0.1) is 0 Å². The maximum absolute atomic E-state index is 4.38. The van der Waals surface area contributed by atoms with E-state index in [0.717, 1.165) is 5.65 Å². The van der Waals surface area contributed by atoms with Gasteiger partial charge in [0.2, 0.25) is 0 Å². The minimum absolute atomic E-state index is 0.286. The number of hydrogen-bond donors (Lipinski definition) is 1. The van der Waals surface area contributed by atoms with Crippen LogP contribution in [0.25, 0.3) is 0 Å². The van der Waals surface area contributed by atoms with Crippen LogP contribution in [0.1, 0.15) is 20.8 Å². The highest BCUT2D eigenvalue weighted by molar-refractivity contribution is 8.06. The fourth-order valence-corrected chi connectivity index (χ4v) is 2.80. The first-order chi connectivity index (χ1) is 4.52. The molecule has 0 aliphatic carbocycles. The normalized spacial score (nSPS) is 19.6. The van der Waals surface area contributed by atoms with Crippen molar-refractivity contribution in [3.05, 3.63) is 9.71 Å². The summed E-state index contributed by atoms with van der Waals surface area (Å²) in [7, 11) is 2.17. The Morgan fingerprint density at radius 1 is 1.50 bits per heavy atom. The van der Waals surface area contributed by atoms with Crippen molar-refractivity contribution in [3.8, 4) is 0 Å². The Morgan fingerprint density at radius 3 is 2.30 bits per heavy atom. The second-order valence-corrected chi connectivity index (χ2v) is 4.99. The average Bonchev–Trinajstić information content (AvgIpc) is 2.11. The van der Waals surface area contributed by atoms with Gasteiger partial charge < -0.3 is 0 Å². The largest absolute Gasteiger partial charge is 0.173 e. The average molecular weight is 171 g/mol. The standard InChI is InChI=1S/C7H12BS2/c1-7(2,3)5-6(9)8-4-10-5/h9H,4H2,1-3H3. The molecule has 10 heavy (non-hydrogen) atoms. The molecule has 0 aromatic carbocycles. The number of rotatable bonds is 0. The maximum Gasteiger partial charge on any atom is 0.173 e. The Labute approximate surface area is 73.5 Å². The molecular weight excluding hydrogens is 159 g/mol. The summed E-state index contributed by atoms with van der Waals surface area (Å²) in [5.74, 6) is 0. The molecule has 0 unspecified atom stereocenters. The molecule has 0 atom stereocenters. The minimum atomic E-state index is 0.286. The van der Waals surface area contributed by atoms with Crippen LogP contribution in [0.5, 0.6) is 0 Å². The van der Waals surface area contributed by atoms with Crippen LogP contribution in [-0.4, -0.2) is 12.9 Å². The molecule has 1 aliphatic rings. The topological polar surface area (TPSA) is 0 Å². The Bertz CT molecular complexity index is 167. The lowest BCUT2D eigenvalue weighted by atomic mass is 9.78. The van der Waals surface area contributed by atoms with Crippen molar-refractivity contribution in [2.24, 2.45) is 5.41 Å². The van der Waals surface area contributed by atoms with Gasteiger partial charge in [0.1, 0.15) is 0 Å². The van der Waals surface area contributed by atoms with E-state index in [-0.39, 0.29) is 5.41 Å². The van der Waals surface area contributed by atoms with Crippen LogP contribution in [0.2, 0.25) is 0 Å². The third-order valence-corrected chi connectivity index (χ3v) is 3.43. The summed E-state index contributed by atoms with van der Waals surface area (Å²) in [6.07, 6.45) is 0. The monoisotopic (exact) mass is 171 g/mol. The Kier molecular flexibility index (Phi) is 2.46. The van der Waals surface area contributed by atoms with Gasteiger partial charge in [-0.1, -0.05) is 20.8 Å². The third kappa shape index (κ3) is 1.76. The zero-order valence-electron chi connectivity index (χ0n) is 6.64. The second kappa shape index (κ2) is 2.86. The Hall–Kier alpha value is 0.505. The molecule has 0 aromatic heterocycles. The summed E-state index contributed by atoms with van der Waals surface area (Å²) >= 11 is 6.29. The molecule has 0 spiro atoms. The fraction of sp³-hybridized carbons (Fsp3) is 0.714. The van der Waals surface area contributed by atoms with E-state index >= 15 is 0 Å². The Balaban J connectivity index is 2.81. The van der Waals surface area contributed by atoms with Crippen molar-refractivity contribution in [2.45, 2.75) is 20.8 Å². The van der Waals surface area contributed by atoms with Crippen LogP contribution in [0.4, 0.5) is 0 Å². The molecule has 0 bridgehead atoms. The smallest absolute Gasteiger partial charge is 0.158 e. The fourth-order valence-electron chi connectivity index (χ4n) is 0.971. The second-order valence-electron chi connectivity index (χ2n) is 3.48. The molecule has 1 rings (SSSR count). The van der Waals surface area contributed by atoms with Crippen molar-refractivity contribution in [1.29, 1.82) is 0 Å². The van der Waals surface area contributed by atoms with Gasteiger partial charge in [-0.2, -0.15) is 12.6 Å². The molecule has 0 N–H and O–H groups in total. The lowest BCUT2D eigenvalue weighted by Gasteiger charge is -2.20. The lowest BCUT2D eigenvalue weighted by Crippen LogP contribution is -2.06. The SMILES string of the molecule is CC(C)(C)C1=C(S)[B]CS1. The summed E-state index contributed by atoms with van der Waals surface area (Å²) in [6.45, 7) is 6.68. The van der Waals surface area contributed by atoms with Crippen molar-refractivity contribution >= 4 is 31.7 Å². The van der Waals surface area contributed by atoms with E-state index in [1.54, 1.807) is 0 Å². The van der Waals surface area contributed by atoms with E-state index in [1.165, 1.54) is 9.71 Å². The van der Waals surface area contributed by atoms with Crippen LogP contribution in [-0.2, 0) is 0 Å². The van der Waals surface area contributed by atoms with Crippen LogP contribution in [0.15, 0.2) is 9.71 Å². The molecule has 0 saturated carbocycles. The number of thioether (sulfide) groups is 1. The van der Waals surface area contributed by atoms with E-state index in [0.29, 0.717) is 0 Å². The van der Waals surface area contributed by atoms with Crippen molar-refractivity contribution < 1.29 is 0 Å². The first-order valence-electron chi connectivity index (χ1n) is 3.41. The summed E-state index contributed by atoms with van der Waals surface area (Å²) in [5.41, 5.74) is 1.39. The number of hydrogen-bond acceptors (Lipinski definition) is 2. The van der Waals surface area contributed by atoms with Gasteiger partial charge in [-0.15, -0.1) is 11.8 Å². The van der Waals surface area contributed by atoms with Gasteiger partial charge in [0.25, 0.3) is 0 Å². The molecule has 0 saturated heterocycles. The molecule has 0 amide bonds. The molecule has 1 radical (unpaired) electrons. The van der Waals surface area contributed by atoms with Crippen LogP contribution >= 0.6 is 24.4 Å². The van der Waals surface area contributed by atoms with Crippen LogP contribution in [0, 0.1) is 5.41 Å². The highest BCUT2D eigenvalue weighted by Gasteiger charge is 2.24. The predicted molar refractivity (Wildman–Crippen MR) is 53.7 cm³/mol. The van der Waals surface area contributed by atoms with E-state index < -0.39 is 0 Å². The van der Waals surface area contributed by atoms with Crippen molar-refractivity contribution in [1.82, 2.24) is 0 Å². The highest BCUT2D eigenvalue weighted by atomic mass is 32.2. The molecular formula is C7H12BS2. The molecule has 3 heteroatoms. The van der Waals surface area contributed by atoms with Gasteiger partial charge in [-0.25, -0.2) is 0 Å². The number of allylic oxidation sites excluding steroid dienone is 1. The summed E-state index contributed by atoms with van der Waals surface area (Å²) in [4.78, 5) is 2.60. The van der Waals surface area contributed by atoms with E-state index in [1.807, 2.05) is 11.8 Å². The van der Waals surface area contributed by atoms with Crippen LogP contribution < -0.4 is 0 Å². The zero-order chi connectivity index (χ0) is 7.78. The quantitative estimate of drug-likeness (QED) is 0.431. The molecule has 55 valence electrons. The van der Waals surface area contributed by atoms with E-state index in [2.05, 4.69) is 40.7 Å². The van der Waals surface area contributed by atoms with Gasteiger partial charge in [0, 0.05) is 0 Å². The molecule has 0 fully saturated rings. The minimum Gasteiger partial charge on any atom is -0.158 e. The number of thiol groups is 1. The molecule has 0 aromatic rings. The predicted octanol–water partition coefficient (Wildman–Crippen LogP) is 2.54. The molecule has 1 heterocycles. The first-order valence-corrected chi connectivity index (χ1v) is 4.85. The Morgan fingerprint density at radius 2 is 2.10 bits per heavy atom. The van der Waals surface area contributed by atoms with E-state index in [4.69, 9.17) is 0 Å². The third-order valence-electron chi connectivity index (χ3n) is 1.42. The molecule has 1 aliphatic heterocycles. The van der Waals surface area contributed by atoms with Crippen molar-refractivity contribution in [3.63, 3.8) is 0 Å². The summed E-state index contributed by atoms with van der Waals surface area (Å²) < 4.78 is 0. The van der Waals surface area contributed by atoms with Crippen molar-refractivity contribution in [2.75, 3.05) is 5.65 Å². The highest BCUT2D eigenvalue weighted by Crippen LogP contribution is 2.41. The molecule has 0 nitrogen and oxygen atoms in total. The lowest BCUT2D eigenvalue weighted by molar-refractivity contribution is 0.534. The van der Waals surface area contributed by atoms with Gasteiger partial charge >= 0.3 is 0 Å². The van der Waals surface area contributed by atoms with Gasteiger partial charge in [0.15, 0.2) is 7.28 Å². The first kappa shape index (κ1) is 8.60. The maximum atomic E-state index is 4.38. The summed E-state index contributed by atoms with van der Waals surface area (Å²) in [6, 6.07) is 0. The van der Waals surface area contributed by atoms with Crippen LogP contribution in [0.3, 0.4) is 0 Å². The van der Waals surface area contributed by atoms with Gasteiger partial charge in [-0.05, 0) is 20.8 Å². The summed E-state index contributed by atoms with van der Waals surface area (Å²) in [5, 5.41) is 0. The van der Waals surface area contributed by atoms with E-state index in [9.17, 15) is 0 Å². The zero-order valence-corrected chi connectivity index (χ0v) is 8.35.